The third-order valence-corrected chi connectivity index (χ3v) is 5.68. The predicted molar refractivity (Wildman–Crippen MR) is 122 cm³/mol. The van der Waals surface area contributed by atoms with Crippen LogP contribution in [0.3, 0.4) is 0 Å². The molecule has 164 valence electrons. The lowest BCUT2D eigenvalue weighted by molar-refractivity contribution is 0.0697. The van der Waals surface area contributed by atoms with Crippen molar-refractivity contribution in [3.05, 3.63) is 82.0 Å². The number of fused-ring (bicyclic) bond motifs is 1. The van der Waals surface area contributed by atoms with Crippen molar-refractivity contribution >= 4 is 28.7 Å². The molecule has 2 aromatic heterocycles. The molecule has 0 bridgehead atoms. The Morgan fingerprint density at radius 3 is 2.66 bits per heavy atom. The molecule has 2 heterocycles. The average Bonchev–Trinajstić information content (AvgIpc) is 3.12. The minimum absolute atomic E-state index is 0.0672. The van der Waals surface area contributed by atoms with E-state index >= 15 is 0 Å². The van der Waals surface area contributed by atoms with Gasteiger partial charge >= 0.3 is 5.97 Å². The van der Waals surface area contributed by atoms with Crippen molar-refractivity contribution in [2.75, 3.05) is 0 Å². The van der Waals surface area contributed by atoms with E-state index in [9.17, 15) is 9.90 Å². The lowest BCUT2D eigenvalue weighted by Gasteiger charge is -2.11. The normalized spacial score (nSPS) is 11.1. The van der Waals surface area contributed by atoms with Gasteiger partial charge in [0.15, 0.2) is 5.65 Å². The summed E-state index contributed by atoms with van der Waals surface area (Å²) in [7, 11) is 0. The van der Waals surface area contributed by atoms with Crippen molar-refractivity contribution in [3.8, 4) is 5.75 Å². The Labute approximate surface area is 190 Å². The molecule has 0 aliphatic carbocycles. The summed E-state index contributed by atoms with van der Waals surface area (Å²) in [4.78, 5) is 24.7. The van der Waals surface area contributed by atoms with Crippen molar-refractivity contribution in [1.29, 1.82) is 0 Å². The molecule has 4 aromatic rings. The number of rotatable bonds is 8. The standard InChI is InChI=1S/C24H23ClN4O3/c1-3-5-20-28-22-15(2)26-14-27-23(22)29(20)12-16-8-10-18(11-9-16)32-13-17-6-4-7-19(21(17)25)24(30)31/h4,6-11,14H,3,5,12-13H2,1-2H3,(H,30,31). The number of imidazole rings is 1. The summed E-state index contributed by atoms with van der Waals surface area (Å²) in [6, 6.07) is 12.7. The number of halogens is 1. The summed E-state index contributed by atoms with van der Waals surface area (Å²) in [5.74, 6) is 0.614. The van der Waals surface area contributed by atoms with Gasteiger partial charge in [0, 0.05) is 12.0 Å². The van der Waals surface area contributed by atoms with Gasteiger partial charge < -0.3 is 14.4 Å². The molecular weight excluding hydrogens is 428 g/mol. The Kier molecular flexibility index (Phi) is 6.37. The van der Waals surface area contributed by atoms with Crippen molar-refractivity contribution in [1.82, 2.24) is 19.5 Å². The number of carboxylic acids is 1. The van der Waals surface area contributed by atoms with E-state index < -0.39 is 5.97 Å². The molecule has 0 saturated heterocycles. The SMILES string of the molecule is CCCc1nc2c(C)ncnc2n1Cc1ccc(OCc2cccc(C(=O)O)c2Cl)cc1. The van der Waals surface area contributed by atoms with Crippen molar-refractivity contribution in [2.45, 2.75) is 39.8 Å². The van der Waals surface area contributed by atoms with E-state index in [1.807, 2.05) is 31.2 Å². The smallest absolute Gasteiger partial charge is 0.337 e. The molecule has 0 fully saturated rings. The van der Waals surface area contributed by atoms with E-state index in [2.05, 4.69) is 21.5 Å². The van der Waals surface area contributed by atoms with Crippen LogP contribution in [-0.4, -0.2) is 30.6 Å². The molecule has 4 rings (SSSR count). The van der Waals surface area contributed by atoms with Crippen LogP contribution in [0.25, 0.3) is 11.2 Å². The van der Waals surface area contributed by atoms with Crippen LogP contribution in [-0.2, 0) is 19.6 Å². The second-order valence-corrected chi connectivity index (χ2v) is 7.89. The van der Waals surface area contributed by atoms with Gasteiger partial charge in [0.25, 0.3) is 0 Å². The van der Waals surface area contributed by atoms with Crippen LogP contribution < -0.4 is 4.74 Å². The molecule has 0 aliphatic heterocycles. The second kappa shape index (κ2) is 9.36. The number of aryl methyl sites for hydroxylation is 2. The van der Waals surface area contributed by atoms with Crippen molar-refractivity contribution in [3.63, 3.8) is 0 Å². The minimum Gasteiger partial charge on any atom is -0.489 e. The maximum absolute atomic E-state index is 11.2. The third kappa shape index (κ3) is 4.43. The number of aromatic nitrogens is 4. The Morgan fingerprint density at radius 2 is 1.94 bits per heavy atom. The van der Waals surface area contributed by atoms with Gasteiger partial charge in [-0.25, -0.2) is 19.7 Å². The van der Waals surface area contributed by atoms with Crippen LogP contribution in [0, 0.1) is 6.92 Å². The fourth-order valence-electron chi connectivity index (χ4n) is 3.57. The van der Waals surface area contributed by atoms with Crippen LogP contribution in [0.15, 0.2) is 48.8 Å². The Bertz CT molecular complexity index is 1270. The topological polar surface area (TPSA) is 90.1 Å². The number of benzene rings is 2. The first kappa shape index (κ1) is 21.8. The maximum Gasteiger partial charge on any atom is 0.337 e. The molecule has 0 spiro atoms. The predicted octanol–water partition coefficient (Wildman–Crippen LogP) is 5.07. The average molecular weight is 451 g/mol. The van der Waals surface area contributed by atoms with Gasteiger partial charge in [-0.2, -0.15) is 0 Å². The molecule has 0 aliphatic rings. The van der Waals surface area contributed by atoms with E-state index in [-0.39, 0.29) is 17.2 Å². The van der Waals surface area contributed by atoms with Gasteiger partial charge in [0.05, 0.1) is 22.8 Å². The number of nitrogens with zero attached hydrogens (tertiary/aromatic N) is 4. The second-order valence-electron chi connectivity index (χ2n) is 7.51. The molecule has 2 aromatic carbocycles. The summed E-state index contributed by atoms with van der Waals surface area (Å²) < 4.78 is 7.97. The van der Waals surface area contributed by atoms with Crippen LogP contribution >= 0.6 is 11.6 Å². The summed E-state index contributed by atoms with van der Waals surface area (Å²) in [6.07, 6.45) is 3.44. The first-order chi connectivity index (χ1) is 15.5. The van der Waals surface area contributed by atoms with Crippen molar-refractivity contribution in [2.24, 2.45) is 0 Å². The van der Waals surface area contributed by atoms with Gasteiger partial charge in [-0.3, -0.25) is 0 Å². The van der Waals surface area contributed by atoms with E-state index in [4.69, 9.17) is 21.3 Å². The lowest BCUT2D eigenvalue weighted by Crippen LogP contribution is -2.06. The Morgan fingerprint density at radius 1 is 1.16 bits per heavy atom. The molecular formula is C24H23ClN4O3. The monoisotopic (exact) mass is 450 g/mol. The highest BCUT2D eigenvalue weighted by Gasteiger charge is 2.15. The van der Waals surface area contributed by atoms with Gasteiger partial charge in [-0.1, -0.05) is 42.8 Å². The molecule has 7 nitrogen and oxygen atoms in total. The van der Waals surface area contributed by atoms with E-state index in [1.54, 1.807) is 18.5 Å². The van der Waals surface area contributed by atoms with E-state index in [1.165, 1.54) is 6.07 Å². The zero-order valence-electron chi connectivity index (χ0n) is 17.9. The largest absolute Gasteiger partial charge is 0.489 e. The fraction of sp³-hybridized carbons (Fsp3) is 0.250. The zero-order chi connectivity index (χ0) is 22.7. The fourth-order valence-corrected chi connectivity index (χ4v) is 3.83. The zero-order valence-corrected chi connectivity index (χ0v) is 18.6. The van der Waals surface area contributed by atoms with Gasteiger partial charge in [0.1, 0.15) is 30.0 Å². The molecule has 0 atom stereocenters. The number of carboxylic acid groups (broad SMARTS) is 1. The molecule has 32 heavy (non-hydrogen) atoms. The van der Waals surface area contributed by atoms with Crippen LogP contribution in [0.1, 0.15) is 46.3 Å². The first-order valence-corrected chi connectivity index (χ1v) is 10.7. The van der Waals surface area contributed by atoms with Gasteiger partial charge in [-0.15, -0.1) is 0 Å². The summed E-state index contributed by atoms with van der Waals surface area (Å²) in [6.45, 7) is 4.91. The first-order valence-electron chi connectivity index (χ1n) is 10.4. The molecule has 0 radical (unpaired) electrons. The van der Waals surface area contributed by atoms with Gasteiger partial charge in [-0.05, 0) is 37.1 Å². The summed E-state index contributed by atoms with van der Waals surface area (Å²) in [5, 5.41) is 9.40. The van der Waals surface area contributed by atoms with Gasteiger partial charge in [0.2, 0.25) is 0 Å². The molecule has 0 amide bonds. The summed E-state index contributed by atoms with van der Waals surface area (Å²) in [5.41, 5.74) is 4.35. The highest BCUT2D eigenvalue weighted by Crippen LogP contribution is 2.24. The number of carbonyl (C=O) groups is 1. The number of ether oxygens (including phenoxy) is 1. The maximum atomic E-state index is 11.2. The van der Waals surface area contributed by atoms with E-state index in [0.29, 0.717) is 17.9 Å². The van der Waals surface area contributed by atoms with Crippen molar-refractivity contribution < 1.29 is 14.6 Å². The third-order valence-electron chi connectivity index (χ3n) is 5.24. The quantitative estimate of drug-likeness (QED) is 0.403. The molecule has 8 heteroatoms. The van der Waals surface area contributed by atoms with Crippen LogP contribution in [0.2, 0.25) is 5.02 Å². The molecule has 0 unspecified atom stereocenters. The van der Waals surface area contributed by atoms with Crippen LogP contribution in [0.5, 0.6) is 5.75 Å². The number of hydrogen-bond acceptors (Lipinski definition) is 5. The Hall–Kier alpha value is -3.45. The lowest BCUT2D eigenvalue weighted by atomic mass is 10.1. The van der Waals surface area contributed by atoms with Crippen LogP contribution in [0.4, 0.5) is 0 Å². The number of aromatic carboxylic acids is 1. The molecule has 0 saturated carbocycles. The number of hydrogen-bond donors (Lipinski definition) is 1. The summed E-state index contributed by atoms with van der Waals surface area (Å²) >= 11 is 6.19. The highest BCUT2D eigenvalue weighted by atomic mass is 35.5. The minimum atomic E-state index is -1.06. The van der Waals surface area contributed by atoms with E-state index in [0.717, 1.165) is 41.1 Å². The highest BCUT2D eigenvalue weighted by molar-refractivity contribution is 6.34. The Balaban J connectivity index is 1.51. The molecule has 1 N–H and O–H groups in total.